The van der Waals surface area contributed by atoms with E-state index in [-0.39, 0.29) is 10.8 Å². The molecule has 2 N–H and O–H groups in total. The molecule has 6 nitrogen and oxygen atoms in total. The highest BCUT2D eigenvalue weighted by Crippen LogP contribution is 2.49. The normalized spacial score (nSPS) is 24.4. The zero-order chi connectivity index (χ0) is 19.6. The van der Waals surface area contributed by atoms with Crippen LogP contribution in [0.25, 0.3) is 0 Å². The quantitative estimate of drug-likeness (QED) is 0.708. The van der Waals surface area contributed by atoms with Gasteiger partial charge >= 0.3 is 0 Å². The van der Waals surface area contributed by atoms with Crippen LogP contribution in [-0.2, 0) is 14.8 Å². The molecule has 0 spiro atoms. The van der Waals surface area contributed by atoms with Gasteiger partial charge in [0.1, 0.15) is 0 Å². The average molecular weight is 394 g/mol. The largest absolute Gasteiger partial charge is 0.386 e. The van der Waals surface area contributed by atoms with Crippen molar-refractivity contribution in [2.45, 2.75) is 50.8 Å². The smallest absolute Gasteiger partial charge is 0.243 e. The van der Waals surface area contributed by atoms with Gasteiger partial charge in [0.15, 0.2) is 0 Å². The topological polar surface area (TPSA) is 78.5 Å². The lowest BCUT2D eigenvalue weighted by Crippen LogP contribution is -2.30. The number of fused-ring (bicyclic) bond motifs is 2. The lowest BCUT2D eigenvalue weighted by atomic mass is 9.86. The predicted octanol–water partition coefficient (Wildman–Crippen LogP) is 3.52. The highest BCUT2D eigenvalue weighted by Gasteiger charge is 2.40. The van der Waals surface area contributed by atoms with Gasteiger partial charge in [0, 0.05) is 26.6 Å². The van der Waals surface area contributed by atoms with Gasteiger partial charge in [-0.25, -0.2) is 8.42 Å². The number of nitrogens with one attached hydrogen (secondary N) is 2. The third-order valence-electron chi connectivity index (χ3n) is 6.21. The highest BCUT2D eigenvalue weighted by molar-refractivity contribution is 7.89. The van der Waals surface area contributed by atoms with Gasteiger partial charge in [-0.2, -0.15) is 4.31 Å². The molecule has 2 aliphatic carbocycles. The van der Waals surface area contributed by atoms with Crippen LogP contribution in [0.1, 0.15) is 46.0 Å². The summed E-state index contributed by atoms with van der Waals surface area (Å²) in [5.41, 5.74) is 1.24. The molecule has 0 saturated heterocycles. The maximum atomic E-state index is 12.8. The lowest BCUT2D eigenvalue weighted by molar-refractivity contribution is -0.117. The highest BCUT2D eigenvalue weighted by atomic mass is 32.2. The van der Waals surface area contributed by atoms with Gasteiger partial charge in [0.25, 0.3) is 0 Å². The molecule has 2 saturated carbocycles. The van der Waals surface area contributed by atoms with Gasteiger partial charge in [-0.05, 0) is 55.2 Å². The number of carbonyl (C=O) groups excluding carboxylic acids is 1. The van der Waals surface area contributed by atoms with Gasteiger partial charge < -0.3 is 10.6 Å². The molecule has 1 amide bonds. The van der Waals surface area contributed by atoms with E-state index in [1.807, 2.05) is 13.8 Å². The number of rotatable bonds is 8. The van der Waals surface area contributed by atoms with Crippen LogP contribution in [0.3, 0.4) is 0 Å². The molecule has 7 heteroatoms. The average Bonchev–Trinajstić information content (AvgIpc) is 3.25. The second-order valence-corrected chi connectivity index (χ2v) is 9.67. The van der Waals surface area contributed by atoms with E-state index in [0.717, 1.165) is 18.0 Å². The molecule has 150 valence electrons. The zero-order valence-electron chi connectivity index (χ0n) is 16.5. The van der Waals surface area contributed by atoms with E-state index in [4.69, 9.17) is 0 Å². The van der Waals surface area contributed by atoms with Crippen molar-refractivity contribution >= 4 is 27.3 Å². The molecular weight excluding hydrogens is 362 g/mol. The summed E-state index contributed by atoms with van der Waals surface area (Å²) < 4.78 is 27.0. The molecule has 1 aromatic carbocycles. The molecule has 2 bridgehead atoms. The van der Waals surface area contributed by atoms with E-state index in [2.05, 4.69) is 10.6 Å². The number of nitrogens with zero attached hydrogens (tertiary/aromatic N) is 1. The number of anilines is 2. The summed E-state index contributed by atoms with van der Waals surface area (Å²) in [4.78, 5) is 12.8. The van der Waals surface area contributed by atoms with Gasteiger partial charge in [0.2, 0.25) is 15.9 Å². The fourth-order valence-corrected chi connectivity index (χ4v) is 6.27. The Morgan fingerprint density at radius 3 is 2.44 bits per heavy atom. The van der Waals surface area contributed by atoms with Crippen molar-refractivity contribution < 1.29 is 13.2 Å². The number of benzene rings is 1. The molecule has 2 fully saturated rings. The molecule has 3 unspecified atom stereocenters. The van der Waals surface area contributed by atoms with Crippen molar-refractivity contribution in [3.8, 4) is 0 Å². The first-order valence-corrected chi connectivity index (χ1v) is 11.4. The van der Waals surface area contributed by atoms with E-state index < -0.39 is 10.0 Å². The second-order valence-electron chi connectivity index (χ2n) is 7.73. The minimum atomic E-state index is -3.56. The molecule has 0 aromatic heterocycles. The first-order valence-electron chi connectivity index (χ1n) is 10.0. The molecule has 0 heterocycles. The van der Waals surface area contributed by atoms with Crippen LogP contribution in [0.15, 0.2) is 23.1 Å². The van der Waals surface area contributed by atoms with Crippen molar-refractivity contribution in [2.24, 2.45) is 17.8 Å². The predicted molar refractivity (Wildman–Crippen MR) is 108 cm³/mol. The van der Waals surface area contributed by atoms with Crippen LogP contribution in [0.4, 0.5) is 11.4 Å². The van der Waals surface area contributed by atoms with Crippen molar-refractivity contribution in [1.29, 1.82) is 0 Å². The molecule has 0 aliphatic heterocycles. The van der Waals surface area contributed by atoms with E-state index in [1.54, 1.807) is 25.2 Å². The Hall–Kier alpha value is -1.60. The van der Waals surface area contributed by atoms with Crippen LogP contribution in [0, 0.1) is 17.8 Å². The van der Waals surface area contributed by atoms with Crippen molar-refractivity contribution in [1.82, 2.24) is 4.31 Å². The Morgan fingerprint density at radius 2 is 1.89 bits per heavy atom. The Labute approximate surface area is 162 Å². The van der Waals surface area contributed by atoms with E-state index in [9.17, 15) is 13.2 Å². The van der Waals surface area contributed by atoms with Crippen LogP contribution >= 0.6 is 0 Å². The molecule has 1 aromatic rings. The lowest BCUT2D eigenvalue weighted by Gasteiger charge is -2.22. The Kier molecular flexibility index (Phi) is 6.11. The van der Waals surface area contributed by atoms with E-state index in [0.29, 0.717) is 37.0 Å². The third-order valence-corrected chi connectivity index (χ3v) is 8.26. The molecule has 3 rings (SSSR count). The summed E-state index contributed by atoms with van der Waals surface area (Å²) in [7, 11) is -1.80. The van der Waals surface area contributed by atoms with Gasteiger partial charge in [-0.15, -0.1) is 0 Å². The molecule has 27 heavy (non-hydrogen) atoms. The summed E-state index contributed by atoms with van der Waals surface area (Å²) in [5.74, 6) is 1.95. The van der Waals surface area contributed by atoms with Crippen LogP contribution < -0.4 is 10.6 Å². The molecule has 2 aliphatic rings. The van der Waals surface area contributed by atoms with Crippen LogP contribution in [-0.4, -0.2) is 38.8 Å². The fraction of sp³-hybridized carbons (Fsp3) is 0.650. The van der Waals surface area contributed by atoms with E-state index >= 15 is 0 Å². The monoisotopic (exact) mass is 393 g/mol. The minimum Gasteiger partial charge on any atom is -0.386 e. The summed E-state index contributed by atoms with van der Waals surface area (Å²) in [5, 5.41) is 5.99. The van der Waals surface area contributed by atoms with Gasteiger partial charge in [-0.1, -0.05) is 20.3 Å². The van der Waals surface area contributed by atoms with E-state index in [1.165, 1.54) is 23.6 Å². The number of hydrogen-bond donors (Lipinski definition) is 2. The molecule has 0 radical (unpaired) electrons. The van der Waals surface area contributed by atoms with Crippen LogP contribution in [0.2, 0.25) is 0 Å². The molecular formula is C20H31N3O3S. The number of sulfonamides is 1. The summed E-state index contributed by atoms with van der Waals surface area (Å²) in [6.07, 6.45) is 5.53. The number of carbonyl (C=O) groups is 1. The second kappa shape index (κ2) is 8.19. The minimum absolute atomic E-state index is 0.0264. The summed E-state index contributed by atoms with van der Waals surface area (Å²) in [6, 6.07) is 4.87. The maximum absolute atomic E-state index is 12.8. The first kappa shape index (κ1) is 20.1. The van der Waals surface area contributed by atoms with Gasteiger partial charge in [-0.3, -0.25) is 4.79 Å². The fourth-order valence-electron chi connectivity index (χ4n) is 4.78. The van der Waals surface area contributed by atoms with Crippen molar-refractivity contribution in [3.05, 3.63) is 18.2 Å². The molecule has 3 atom stereocenters. The number of hydrogen-bond acceptors (Lipinski definition) is 4. The first-order chi connectivity index (χ1) is 12.9. The third kappa shape index (κ3) is 4.14. The zero-order valence-corrected chi connectivity index (χ0v) is 17.3. The number of amides is 1. The Morgan fingerprint density at radius 1 is 1.15 bits per heavy atom. The Balaban J connectivity index is 1.76. The van der Waals surface area contributed by atoms with Crippen molar-refractivity contribution in [3.63, 3.8) is 0 Å². The van der Waals surface area contributed by atoms with Crippen molar-refractivity contribution in [2.75, 3.05) is 30.8 Å². The Bertz CT molecular complexity index is 790. The summed E-state index contributed by atoms with van der Waals surface area (Å²) >= 11 is 0. The summed E-state index contributed by atoms with van der Waals surface area (Å²) in [6.45, 7) is 4.47. The SMILES string of the molecule is CCN(CC)S(=O)(=O)c1ccc(NC)c(NC(=O)CC2CC3CCC2C3)c1. The van der Waals surface area contributed by atoms with Crippen LogP contribution in [0.5, 0.6) is 0 Å². The van der Waals surface area contributed by atoms with Gasteiger partial charge in [0.05, 0.1) is 16.3 Å². The standard InChI is InChI=1S/C20H31N3O3S/c1-4-23(5-2)27(25,26)17-8-9-18(21-3)19(13-17)22-20(24)12-16-11-14-6-7-15(16)10-14/h8-9,13-16,21H,4-7,10-12H2,1-3H3,(H,22,24). The maximum Gasteiger partial charge on any atom is 0.243 e.